The van der Waals surface area contributed by atoms with Crippen LogP contribution in [0.4, 0.5) is 11.5 Å². The molecule has 1 aromatic rings. The Morgan fingerprint density at radius 1 is 1.33 bits per heavy atom. The van der Waals surface area contributed by atoms with Gasteiger partial charge in [0.25, 0.3) is 0 Å². The molecule has 2 amide bonds. The maximum atomic E-state index is 11.6. The van der Waals surface area contributed by atoms with Crippen LogP contribution in [0.1, 0.15) is 26.2 Å². The fraction of sp³-hybridized carbons (Fsp3) is 0.533. The van der Waals surface area contributed by atoms with E-state index >= 15 is 0 Å². The molecule has 21 heavy (non-hydrogen) atoms. The van der Waals surface area contributed by atoms with Crippen LogP contribution in [0, 0.1) is 0 Å². The predicted octanol–water partition coefficient (Wildman–Crippen LogP) is 1.49. The smallest absolute Gasteiger partial charge is 0.224 e. The zero-order valence-corrected chi connectivity index (χ0v) is 12.4. The van der Waals surface area contributed by atoms with Gasteiger partial charge in [0.15, 0.2) is 0 Å². The number of hydrogen-bond acceptors (Lipinski definition) is 4. The first-order chi connectivity index (χ1) is 10.2. The lowest BCUT2D eigenvalue weighted by atomic mass is 10.2. The molecule has 1 N–H and O–H groups in total. The number of hydrogen-bond donors (Lipinski definition) is 1. The van der Waals surface area contributed by atoms with E-state index in [0.717, 1.165) is 56.9 Å². The highest BCUT2D eigenvalue weighted by molar-refractivity contribution is 5.90. The molecule has 1 fully saturated rings. The summed E-state index contributed by atoms with van der Waals surface area (Å²) in [6.07, 6.45) is 5.03. The molecule has 0 atom stereocenters. The highest BCUT2D eigenvalue weighted by Crippen LogP contribution is 2.16. The van der Waals surface area contributed by atoms with Crippen LogP contribution < -0.4 is 10.2 Å². The van der Waals surface area contributed by atoms with Crippen molar-refractivity contribution in [1.82, 2.24) is 9.88 Å². The minimum absolute atomic E-state index is 0.0333. The van der Waals surface area contributed by atoms with Crippen molar-refractivity contribution in [3.63, 3.8) is 0 Å². The summed E-state index contributed by atoms with van der Waals surface area (Å²) in [6.45, 7) is 5.08. The van der Waals surface area contributed by atoms with Crippen molar-refractivity contribution in [3.05, 3.63) is 18.3 Å². The molecule has 2 rings (SSSR count). The van der Waals surface area contributed by atoms with Gasteiger partial charge in [-0.05, 0) is 18.6 Å². The van der Waals surface area contributed by atoms with E-state index in [0.29, 0.717) is 6.42 Å². The second-order valence-corrected chi connectivity index (χ2v) is 5.19. The number of unbranched alkanes of at least 4 members (excludes halogenated alkanes) is 1. The maximum absolute atomic E-state index is 11.6. The lowest BCUT2D eigenvalue weighted by molar-refractivity contribution is -0.118. The Morgan fingerprint density at radius 2 is 2.10 bits per heavy atom. The van der Waals surface area contributed by atoms with Gasteiger partial charge < -0.3 is 15.1 Å². The molecule has 0 saturated carbocycles. The Balaban J connectivity index is 1.87. The van der Waals surface area contributed by atoms with E-state index in [2.05, 4.69) is 22.1 Å². The largest absolute Gasteiger partial charge is 0.353 e. The van der Waals surface area contributed by atoms with Crippen molar-refractivity contribution < 1.29 is 9.59 Å². The fourth-order valence-electron chi connectivity index (χ4n) is 2.26. The zero-order valence-electron chi connectivity index (χ0n) is 12.4. The van der Waals surface area contributed by atoms with Crippen molar-refractivity contribution in [1.29, 1.82) is 0 Å². The molecule has 1 aliphatic rings. The van der Waals surface area contributed by atoms with Gasteiger partial charge in [-0.3, -0.25) is 9.59 Å². The lowest BCUT2D eigenvalue weighted by Crippen LogP contribution is -2.46. The summed E-state index contributed by atoms with van der Waals surface area (Å²) in [5, 5.41) is 2.85. The Kier molecular flexibility index (Phi) is 5.54. The van der Waals surface area contributed by atoms with Crippen LogP contribution in [-0.4, -0.2) is 48.4 Å². The molecule has 1 aliphatic heterocycles. The van der Waals surface area contributed by atoms with Gasteiger partial charge in [-0.2, -0.15) is 0 Å². The average molecular weight is 290 g/mol. The molecule has 6 nitrogen and oxygen atoms in total. The van der Waals surface area contributed by atoms with Crippen molar-refractivity contribution in [2.75, 3.05) is 36.4 Å². The molecule has 0 bridgehead atoms. The van der Waals surface area contributed by atoms with E-state index in [-0.39, 0.29) is 5.91 Å². The number of aromatic nitrogens is 1. The summed E-state index contributed by atoms with van der Waals surface area (Å²) >= 11 is 0. The third-order valence-electron chi connectivity index (χ3n) is 3.58. The molecular formula is C15H22N4O2. The fourth-order valence-corrected chi connectivity index (χ4v) is 2.26. The molecule has 0 unspecified atom stereocenters. The molecule has 6 heteroatoms. The average Bonchev–Trinajstić information content (AvgIpc) is 2.54. The normalized spacial score (nSPS) is 14.9. The summed E-state index contributed by atoms with van der Waals surface area (Å²) in [5.41, 5.74) is 0.728. The van der Waals surface area contributed by atoms with Crippen LogP contribution in [0.25, 0.3) is 0 Å². The molecule has 0 aliphatic carbocycles. The minimum atomic E-state index is 0.0333. The van der Waals surface area contributed by atoms with E-state index in [1.807, 2.05) is 12.1 Å². The topological polar surface area (TPSA) is 65.5 Å². The van der Waals surface area contributed by atoms with Gasteiger partial charge in [0.2, 0.25) is 12.3 Å². The van der Waals surface area contributed by atoms with Gasteiger partial charge in [0.1, 0.15) is 5.82 Å². The number of piperazine rings is 1. The van der Waals surface area contributed by atoms with E-state index < -0.39 is 0 Å². The van der Waals surface area contributed by atoms with E-state index in [9.17, 15) is 9.59 Å². The molecule has 0 aromatic carbocycles. The molecule has 1 saturated heterocycles. The van der Waals surface area contributed by atoms with Gasteiger partial charge in [-0.1, -0.05) is 13.3 Å². The minimum Gasteiger partial charge on any atom is -0.353 e. The van der Waals surface area contributed by atoms with Gasteiger partial charge in [0, 0.05) is 32.6 Å². The molecule has 2 heterocycles. The lowest BCUT2D eigenvalue weighted by Gasteiger charge is -2.33. The Hall–Kier alpha value is -2.11. The second-order valence-electron chi connectivity index (χ2n) is 5.19. The van der Waals surface area contributed by atoms with Crippen molar-refractivity contribution in [3.8, 4) is 0 Å². The number of carbonyl (C=O) groups excluding carboxylic acids is 2. The molecular weight excluding hydrogens is 268 g/mol. The van der Waals surface area contributed by atoms with Crippen LogP contribution in [0.3, 0.4) is 0 Å². The number of pyridine rings is 1. The Bertz CT molecular complexity index is 467. The van der Waals surface area contributed by atoms with Crippen molar-refractivity contribution >= 4 is 23.8 Å². The number of carbonyl (C=O) groups is 2. The van der Waals surface area contributed by atoms with Crippen LogP contribution >= 0.6 is 0 Å². The predicted molar refractivity (Wildman–Crippen MR) is 82.2 cm³/mol. The van der Waals surface area contributed by atoms with E-state index in [1.54, 1.807) is 11.1 Å². The van der Waals surface area contributed by atoms with Crippen LogP contribution in [0.2, 0.25) is 0 Å². The van der Waals surface area contributed by atoms with Crippen LogP contribution in [0.5, 0.6) is 0 Å². The first-order valence-electron chi connectivity index (χ1n) is 7.43. The first-order valence-corrected chi connectivity index (χ1v) is 7.43. The van der Waals surface area contributed by atoms with Crippen LogP contribution in [-0.2, 0) is 9.59 Å². The Labute approximate surface area is 125 Å². The highest BCUT2D eigenvalue weighted by Gasteiger charge is 2.16. The number of amides is 2. The summed E-state index contributed by atoms with van der Waals surface area (Å²) in [6, 6.07) is 3.78. The molecule has 0 radical (unpaired) electrons. The molecule has 1 aromatic heterocycles. The summed E-state index contributed by atoms with van der Waals surface area (Å²) < 4.78 is 0. The molecule has 0 spiro atoms. The number of anilines is 2. The quantitative estimate of drug-likeness (QED) is 0.806. The summed E-state index contributed by atoms with van der Waals surface area (Å²) in [7, 11) is 0. The molecule has 114 valence electrons. The SMILES string of the molecule is CCCCC(=O)Nc1ccc(N2CCN(C=O)CC2)nc1. The maximum Gasteiger partial charge on any atom is 0.224 e. The summed E-state index contributed by atoms with van der Waals surface area (Å²) in [4.78, 5) is 30.6. The first kappa shape index (κ1) is 15.3. The summed E-state index contributed by atoms with van der Waals surface area (Å²) in [5.74, 6) is 0.915. The van der Waals surface area contributed by atoms with Gasteiger partial charge in [-0.25, -0.2) is 4.98 Å². The van der Waals surface area contributed by atoms with E-state index in [1.165, 1.54) is 0 Å². The highest BCUT2D eigenvalue weighted by atomic mass is 16.1. The van der Waals surface area contributed by atoms with Gasteiger partial charge in [-0.15, -0.1) is 0 Å². The van der Waals surface area contributed by atoms with Gasteiger partial charge >= 0.3 is 0 Å². The second kappa shape index (κ2) is 7.61. The van der Waals surface area contributed by atoms with Crippen LogP contribution in [0.15, 0.2) is 18.3 Å². The van der Waals surface area contributed by atoms with Gasteiger partial charge in [0.05, 0.1) is 11.9 Å². The third-order valence-corrected chi connectivity index (χ3v) is 3.58. The standard InChI is InChI=1S/C15H22N4O2/c1-2-3-4-15(21)17-13-5-6-14(16-11-13)19-9-7-18(12-20)8-10-19/h5-6,11-12H,2-4,7-10H2,1H3,(H,17,21). The zero-order chi connectivity index (χ0) is 15.1. The number of rotatable bonds is 6. The van der Waals surface area contributed by atoms with E-state index in [4.69, 9.17) is 0 Å². The van der Waals surface area contributed by atoms with Crippen molar-refractivity contribution in [2.45, 2.75) is 26.2 Å². The third kappa shape index (κ3) is 4.44. The number of nitrogens with zero attached hydrogens (tertiary/aromatic N) is 3. The Morgan fingerprint density at radius 3 is 2.67 bits per heavy atom. The monoisotopic (exact) mass is 290 g/mol. The van der Waals surface area contributed by atoms with Crippen molar-refractivity contribution in [2.24, 2.45) is 0 Å². The number of nitrogens with one attached hydrogen (secondary N) is 1.